The fourth-order valence-electron chi connectivity index (χ4n) is 0.804. The molecule has 7 nitrogen and oxygen atoms in total. The SMILES string of the molecule is CN(C)CCOCCNC(=O)NCC(=O)O. The maximum Gasteiger partial charge on any atom is 0.323 e. The number of hydrogen-bond donors (Lipinski definition) is 3. The molecule has 0 radical (unpaired) electrons. The number of aliphatic carboxylic acids is 1. The summed E-state index contributed by atoms with van der Waals surface area (Å²) in [4.78, 5) is 23.0. The molecule has 0 spiro atoms. The Hall–Kier alpha value is -1.34. The fourth-order valence-corrected chi connectivity index (χ4v) is 0.804. The van der Waals surface area contributed by atoms with E-state index in [2.05, 4.69) is 10.6 Å². The lowest BCUT2D eigenvalue weighted by molar-refractivity contribution is -0.135. The van der Waals surface area contributed by atoms with E-state index in [0.29, 0.717) is 19.8 Å². The van der Waals surface area contributed by atoms with E-state index in [4.69, 9.17) is 9.84 Å². The molecule has 0 saturated carbocycles. The highest BCUT2D eigenvalue weighted by atomic mass is 16.5. The Labute approximate surface area is 94.7 Å². The number of carboxylic acid groups (broad SMARTS) is 1. The zero-order chi connectivity index (χ0) is 12.4. The lowest BCUT2D eigenvalue weighted by Gasteiger charge is -2.10. The fraction of sp³-hybridized carbons (Fsp3) is 0.778. The number of ether oxygens (including phenoxy) is 1. The van der Waals surface area contributed by atoms with Crippen LogP contribution in [0.2, 0.25) is 0 Å². The largest absolute Gasteiger partial charge is 0.480 e. The zero-order valence-electron chi connectivity index (χ0n) is 9.65. The number of nitrogens with zero attached hydrogens (tertiary/aromatic N) is 1. The molecular weight excluding hydrogens is 214 g/mol. The van der Waals surface area contributed by atoms with Gasteiger partial charge in [0.2, 0.25) is 0 Å². The van der Waals surface area contributed by atoms with E-state index in [-0.39, 0.29) is 6.54 Å². The molecule has 0 heterocycles. The number of likely N-dealkylation sites (N-methyl/N-ethyl adjacent to an activating group) is 1. The van der Waals surface area contributed by atoms with E-state index in [1.54, 1.807) is 0 Å². The first-order valence-electron chi connectivity index (χ1n) is 4.98. The molecule has 0 aliphatic carbocycles. The molecule has 3 N–H and O–H groups in total. The molecule has 0 aliphatic rings. The molecule has 0 aliphatic heterocycles. The Morgan fingerprint density at radius 2 is 1.94 bits per heavy atom. The van der Waals surface area contributed by atoms with Gasteiger partial charge in [-0.3, -0.25) is 4.79 Å². The minimum Gasteiger partial charge on any atom is -0.480 e. The summed E-state index contributed by atoms with van der Waals surface area (Å²) >= 11 is 0. The summed E-state index contributed by atoms with van der Waals surface area (Å²) in [5, 5.41) is 12.9. The van der Waals surface area contributed by atoms with Gasteiger partial charge in [-0.1, -0.05) is 0 Å². The van der Waals surface area contributed by atoms with Gasteiger partial charge in [0, 0.05) is 13.1 Å². The number of rotatable bonds is 8. The summed E-state index contributed by atoms with van der Waals surface area (Å²) in [6, 6.07) is -0.501. The summed E-state index contributed by atoms with van der Waals surface area (Å²) in [7, 11) is 3.89. The van der Waals surface area contributed by atoms with Crippen molar-refractivity contribution in [1.82, 2.24) is 15.5 Å². The van der Waals surface area contributed by atoms with Crippen LogP contribution in [-0.2, 0) is 9.53 Å². The van der Waals surface area contributed by atoms with Crippen molar-refractivity contribution in [3.63, 3.8) is 0 Å². The van der Waals surface area contributed by atoms with Crippen LogP contribution < -0.4 is 10.6 Å². The van der Waals surface area contributed by atoms with Crippen LogP contribution in [0.3, 0.4) is 0 Å². The van der Waals surface area contributed by atoms with Crippen molar-refractivity contribution in [1.29, 1.82) is 0 Å². The van der Waals surface area contributed by atoms with Crippen LogP contribution in [0.4, 0.5) is 4.79 Å². The van der Waals surface area contributed by atoms with Crippen LogP contribution in [0.15, 0.2) is 0 Å². The number of urea groups is 1. The highest BCUT2D eigenvalue weighted by Crippen LogP contribution is 1.77. The summed E-state index contributed by atoms with van der Waals surface area (Å²) in [6.07, 6.45) is 0. The maximum atomic E-state index is 10.9. The Kier molecular flexibility index (Phi) is 8.18. The molecule has 0 unspecified atom stereocenters. The van der Waals surface area contributed by atoms with Gasteiger partial charge < -0.3 is 25.4 Å². The van der Waals surface area contributed by atoms with Gasteiger partial charge in [-0.25, -0.2) is 4.79 Å². The third-order valence-electron chi connectivity index (χ3n) is 1.61. The van der Waals surface area contributed by atoms with Crippen LogP contribution in [0.5, 0.6) is 0 Å². The summed E-state index contributed by atoms with van der Waals surface area (Å²) < 4.78 is 5.22. The number of carboxylic acids is 1. The number of carbonyl (C=O) groups is 2. The van der Waals surface area contributed by atoms with Gasteiger partial charge in [0.05, 0.1) is 13.2 Å². The smallest absolute Gasteiger partial charge is 0.323 e. The van der Waals surface area contributed by atoms with Crippen molar-refractivity contribution in [2.45, 2.75) is 0 Å². The predicted molar refractivity (Wildman–Crippen MR) is 58.4 cm³/mol. The van der Waals surface area contributed by atoms with Crippen molar-refractivity contribution >= 4 is 12.0 Å². The second kappa shape index (κ2) is 8.93. The summed E-state index contributed by atoms with van der Waals surface area (Å²) in [6.45, 7) is 1.82. The van der Waals surface area contributed by atoms with Gasteiger partial charge in [0.25, 0.3) is 0 Å². The highest BCUT2D eigenvalue weighted by molar-refractivity contribution is 5.79. The van der Waals surface area contributed by atoms with Crippen molar-refractivity contribution < 1.29 is 19.4 Å². The summed E-state index contributed by atoms with van der Waals surface area (Å²) in [5.74, 6) is -1.07. The molecule has 0 rings (SSSR count). The van der Waals surface area contributed by atoms with Crippen molar-refractivity contribution in [2.24, 2.45) is 0 Å². The maximum absolute atomic E-state index is 10.9. The van der Waals surface area contributed by atoms with Crippen LogP contribution in [0.25, 0.3) is 0 Å². The molecule has 0 aromatic rings. The molecule has 0 aromatic heterocycles. The molecular formula is C9H19N3O4. The van der Waals surface area contributed by atoms with Crippen LogP contribution in [-0.4, -0.2) is 69.0 Å². The van der Waals surface area contributed by atoms with Crippen LogP contribution >= 0.6 is 0 Å². The standard InChI is InChI=1S/C9H19N3O4/c1-12(2)4-6-16-5-3-10-9(15)11-7-8(13)14/h3-7H2,1-2H3,(H,13,14)(H2,10,11,15). The lowest BCUT2D eigenvalue weighted by Crippen LogP contribution is -2.39. The highest BCUT2D eigenvalue weighted by Gasteiger charge is 2.01. The lowest BCUT2D eigenvalue weighted by atomic mass is 10.6. The molecule has 0 fully saturated rings. The van der Waals surface area contributed by atoms with E-state index < -0.39 is 12.0 Å². The third kappa shape index (κ3) is 10.7. The Morgan fingerprint density at radius 3 is 2.50 bits per heavy atom. The van der Waals surface area contributed by atoms with Gasteiger partial charge in [0.15, 0.2) is 0 Å². The number of nitrogens with one attached hydrogen (secondary N) is 2. The average Bonchev–Trinajstić information content (AvgIpc) is 2.19. The minimum atomic E-state index is -1.07. The van der Waals surface area contributed by atoms with Gasteiger partial charge in [-0.2, -0.15) is 0 Å². The Balaban J connectivity index is 3.24. The predicted octanol–water partition coefficient (Wildman–Crippen LogP) is -1.05. The van der Waals surface area contributed by atoms with Crippen molar-refractivity contribution in [3.05, 3.63) is 0 Å². The van der Waals surface area contributed by atoms with E-state index in [1.807, 2.05) is 19.0 Å². The first kappa shape index (κ1) is 14.7. The van der Waals surface area contributed by atoms with E-state index in [9.17, 15) is 9.59 Å². The molecule has 0 bridgehead atoms. The van der Waals surface area contributed by atoms with Crippen LogP contribution in [0, 0.1) is 0 Å². The molecule has 0 atom stereocenters. The quantitative estimate of drug-likeness (QED) is 0.465. The normalized spacial score (nSPS) is 10.2. The third-order valence-corrected chi connectivity index (χ3v) is 1.61. The van der Waals surface area contributed by atoms with Gasteiger partial charge in [-0.05, 0) is 14.1 Å². The Morgan fingerprint density at radius 1 is 1.25 bits per heavy atom. The van der Waals surface area contributed by atoms with Crippen LogP contribution in [0.1, 0.15) is 0 Å². The van der Waals surface area contributed by atoms with Crippen molar-refractivity contribution in [3.8, 4) is 0 Å². The number of amides is 2. The summed E-state index contributed by atoms with van der Waals surface area (Å²) in [5.41, 5.74) is 0. The van der Waals surface area contributed by atoms with Gasteiger partial charge >= 0.3 is 12.0 Å². The average molecular weight is 233 g/mol. The zero-order valence-corrected chi connectivity index (χ0v) is 9.65. The van der Waals surface area contributed by atoms with E-state index in [1.165, 1.54) is 0 Å². The second-order valence-electron chi connectivity index (χ2n) is 3.42. The van der Waals surface area contributed by atoms with Gasteiger partial charge in [-0.15, -0.1) is 0 Å². The Bertz CT molecular complexity index is 221. The first-order valence-corrected chi connectivity index (χ1v) is 4.98. The minimum absolute atomic E-state index is 0.360. The topological polar surface area (TPSA) is 90.9 Å². The number of hydrogen-bond acceptors (Lipinski definition) is 4. The number of carbonyl (C=O) groups excluding carboxylic acids is 1. The van der Waals surface area contributed by atoms with Gasteiger partial charge in [0.1, 0.15) is 6.54 Å². The first-order chi connectivity index (χ1) is 7.52. The molecule has 2 amide bonds. The molecule has 94 valence electrons. The monoisotopic (exact) mass is 233 g/mol. The van der Waals surface area contributed by atoms with Crippen molar-refractivity contribution in [2.75, 3.05) is 46.9 Å². The molecule has 7 heteroatoms. The van der Waals surface area contributed by atoms with E-state index >= 15 is 0 Å². The molecule has 0 saturated heterocycles. The van der Waals surface area contributed by atoms with E-state index in [0.717, 1.165) is 6.54 Å². The second-order valence-corrected chi connectivity index (χ2v) is 3.42. The molecule has 0 aromatic carbocycles. The molecule has 16 heavy (non-hydrogen) atoms.